The van der Waals surface area contributed by atoms with Crippen molar-refractivity contribution < 1.29 is 5.11 Å². The van der Waals surface area contributed by atoms with Crippen molar-refractivity contribution in [2.45, 2.75) is 44.6 Å². The molecule has 0 amide bonds. The van der Waals surface area contributed by atoms with E-state index in [9.17, 15) is 5.11 Å². The Morgan fingerprint density at radius 3 is 2.54 bits per heavy atom. The van der Waals surface area contributed by atoms with E-state index < -0.39 is 5.60 Å². The number of fused-ring (bicyclic) bond motifs is 1. The number of benzene rings is 1. The third-order valence-corrected chi connectivity index (χ3v) is 6.58. The lowest BCUT2D eigenvalue weighted by Gasteiger charge is -2.18. The predicted molar refractivity (Wildman–Crippen MR) is 111 cm³/mol. The molecule has 6 heteroatoms. The zero-order chi connectivity index (χ0) is 19.5. The van der Waals surface area contributed by atoms with E-state index in [0.29, 0.717) is 5.65 Å². The van der Waals surface area contributed by atoms with E-state index in [-0.39, 0.29) is 5.41 Å². The highest BCUT2D eigenvalue weighted by atomic mass is 32.1. The van der Waals surface area contributed by atoms with Crippen LogP contribution in [0.5, 0.6) is 0 Å². The molecule has 1 fully saturated rings. The van der Waals surface area contributed by atoms with Crippen LogP contribution < -0.4 is 0 Å². The van der Waals surface area contributed by atoms with Gasteiger partial charge in [-0.2, -0.15) is 0 Å². The molecule has 3 heterocycles. The van der Waals surface area contributed by atoms with Gasteiger partial charge in [-0.3, -0.25) is 4.40 Å². The highest BCUT2D eigenvalue weighted by Crippen LogP contribution is 2.54. The Labute approximate surface area is 167 Å². The fourth-order valence-corrected chi connectivity index (χ4v) is 4.81. The average molecular weight is 391 g/mol. The lowest BCUT2D eigenvalue weighted by molar-refractivity contribution is 0.0796. The van der Waals surface area contributed by atoms with Crippen LogP contribution in [0.15, 0.2) is 48.0 Å². The second-order valence-corrected chi connectivity index (χ2v) is 9.04. The third-order valence-electron chi connectivity index (χ3n) is 5.53. The molecule has 1 aliphatic rings. The molecule has 5 nitrogen and oxygen atoms in total. The van der Waals surface area contributed by atoms with Crippen molar-refractivity contribution in [3.8, 4) is 11.3 Å². The van der Waals surface area contributed by atoms with Gasteiger partial charge in [0.05, 0.1) is 16.7 Å². The molecular formula is C22H22N4OS. The first-order valence-electron chi connectivity index (χ1n) is 9.49. The fraction of sp³-hybridized carbons (Fsp3) is 0.318. The zero-order valence-electron chi connectivity index (χ0n) is 16.2. The van der Waals surface area contributed by atoms with Crippen LogP contribution >= 0.6 is 11.3 Å². The number of hydrogen-bond donors (Lipinski definition) is 1. The standard InChI is InChI=1S/C22H22N4OS/c1-14-6-8-15(9-7-14)17-13-28-20(23-17)22(10-11-22)19-25-24-18-16(21(2,3)27)5-4-12-26(18)19/h4-9,12-13,27H,10-11H2,1-3H3. The van der Waals surface area contributed by atoms with Gasteiger partial charge >= 0.3 is 0 Å². The van der Waals surface area contributed by atoms with E-state index in [1.165, 1.54) is 5.56 Å². The van der Waals surface area contributed by atoms with Crippen molar-refractivity contribution >= 4 is 17.0 Å². The summed E-state index contributed by atoms with van der Waals surface area (Å²) in [5.41, 5.74) is 3.75. The van der Waals surface area contributed by atoms with Gasteiger partial charge in [-0.25, -0.2) is 4.98 Å². The van der Waals surface area contributed by atoms with Gasteiger partial charge in [0.2, 0.25) is 0 Å². The Morgan fingerprint density at radius 2 is 1.86 bits per heavy atom. The van der Waals surface area contributed by atoms with Crippen molar-refractivity contribution in [2.24, 2.45) is 0 Å². The summed E-state index contributed by atoms with van der Waals surface area (Å²) in [6.07, 6.45) is 4.01. The van der Waals surface area contributed by atoms with Crippen molar-refractivity contribution in [1.82, 2.24) is 19.6 Å². The van der Waals surface area contributed by atoms with Crippen LogP contribution in [0.2, 0.25) is 0 Å². The summed E-state index contributed by atoms with van der Waals surface area (Å²) in [7, 11) is 0. The number of thiazole rings is 1. The second kappa shape index (κ2) is 5.96. The maximum absolute atomic E-state index is 10.5. The zero-order valence-corrected chi connectivity index (χ0v) is 17.0. The van der Waals surface area contributed by atoms with Crippen LogP contribution in [0, 0.1) is 6.92 Å². The SMILES string of the molecule is Cc1ccc(-c2csc(C3(c4nnc5c(C(C)(C)O)cccn45)CC3)n2)cc1. The van der Waals surface area contributed by atoms with Crippen molar-refractivity contribution in [2.75, 3.05) is 0 Å². The van der Waals surface area contributed by atoms with Gasteiger partial charge in [-0.1, -0.05) is 35.9 Å². The number of aliphatic hydroxyl groups is 1. The van der Waals surface area contributed by atoms with Crippen molar-refractivity contribution in [1.29, 1.82) is 0 Å². The Kier molecular flexibility index (Phi) is 3.73. The summed E-state index contributed by atoms with van der Waals surface area (Å²) in [6.45, 7) is 5.64. The molecule has 5 rings (SSSR count). The first kappa shape index (κ1) is 17.5. The average Bonchev–Trinajstić information content (AvgIpc) is 3.12. The number of nitrogens with zero attached hydrogens (tertiary/aromatic N) is 4. The molecule has 0 saturated heterocycles. The summed E-state index contributed by atoms with van der Waals surface area (Å²) >= 11 is 1.69. The predicted octanol–water partition coefficient (Wildman–Crippen LogP) is 4.47. The van der Waals surface area contributed by atoms with Crippen LogP contribution in [-0.2, 0) is 11.0 Å². The summed E-state index contributed by atoms with van der Waals surface area (Å²) < 4.78 is 2.02. The first-order valence-corrected chi connectivity index (χ1v) is 10.4. The van der Waals surface area contributed by atoms with Crippen molar-refractivity contribution in [3.05, 3.63) is 69.9 Å². The van der Waals surface area contributed by atoms with Crippen LogP contribution in [-0.4, -0.2) is 24.7 Å². The highest BCUT2D eigenvalue weighted by molar-refractivity contribution is 7.10. The Bertz CT molecular complexity index is 1160. The van der Waals surface area contributed by atoms with Gasteiger partial charge in [0.1, 0.15) is 5.01 Å². The largest absolute Gasteiger partial charge is 0.386 e. The summed E-state index contributed by atoms with van der Waals surface area (Å²) in [6, 6.07) is 12.3. The van der Waals surface area contributed by atoms with Gasteiger partial charge in [0.25, 0.3) is 0 Å². The lowest BCUT2D eigenvalue weighted by Crippen LogP contribution is -2.18. The van der Waals surface area contributed by atoms with Crippen molar-refractivity contribution in [3.63, 3.8) is 0 Å². The fourth-order valence-electron chi connectivity index (χ4n) is 3.73. The van der Waals surface area contributed by atoms with E-state index in [1.807, 2.05) is 22.7 Å². The minimum atomic E-state index is -0.969. The second-order valence-electron chi connectivity index (χ2n) is 8.18. The van der Waals surface area contributed by atoms with Crippen LogP contribution in [0.3, 0.4) is 0 Å². The molecule has 1 aromatic carbocycles. The third kappa shape index (κ3) is 2.67. The molecule has 1 aliphatic carbocycles. The summed E-state index contributed by atoms with van der Waals surface area (Å²) in [4.78, 5) is 4.97. The molecule has 1 N–H and O–H groups in total. The topological polar surface area (TPSA) is 63.3 Å². The molecule has 4 aromatic rings. The van der Waals surface area contributed by atoms with Crippen LogP contribution in [0.25, 0.3) is 16.9 Å². The first-order chi connectivity index (χ1) is 13.4. The molecule has 0 atom stereocenters. The number of rotatable bonds is 4. The molecule has 0 bridgehead atoms. The minimum absolute atomic E-state index is 0.175. The molecule has 1 saturated carbocycles. The normalized spacial score (nSPS) is 15.9. The lowest BCUT2D eigenvalue weighted by atomic mass is 9.99. The smallest absolute Gasteiger partial charge is 0.166 e. The van der Waals surface area contributed by atoms with Gasteiger partial charge < -0.3 is 5.11 Å². The van der Waals surface area contributed by atoms with E-state index in [2.05, 4.69) is 46.8 Å². The molecule has 3 aromatic heterocycles. The molecule has 0 unspecified atom stereocenters. The summed E-state index contributed by atoms with van der Waals surface area (Å²) in [5.74, 6) is 0.915. The summed E-state index contributed by atoms with van der Waals surface area (Å²) in [5, 5.41) is 22.7. The number of aryl methyl sites for hydroxylation is 1. The van der Waals surface area contributed by atoms with Gasteiger partial charge in [-0.05, 0) is 39.7 Å². The molecule has 28 heavy (non-hydrogen) atoms. The molecule has 0 radical (unpaired) electrons. The Morgan fingerprint density at radius 1 is 1.11 bits per heavy atom. The maximum Gasteiger partial charge on any atom is 0.166 e. The van der Waals surface area contributed by atoms with Gasteiger partial charge in [-0.15, -0.1) is 21.5 Å². The van der Waals surface area contributed by atoms with E-state index in [4.69, 9.17) is 4.98 Å². The Balaban J connectivity index is 1.58. The van der Waals surface area contributed by atoms with Crippen LogP contribution in [0.1, 0.15) is 48.6 Å². The van der Waals surface area contributed by atoms with Gasteiger partial charge in [0, 0.05) is 22.7 Å². The molecule has 0 spiro atoms. The van der Waals surface area contributed by atoms with E-state index >= 15 is 0 Å². The van der Waals surface area contributed by atoms with Gasteiger partial charge in [0.15, 0.2) is 11.5 Å². The highest BCUT2D eigenvalue weighted by Gasteiger charge is 2.52. The number of hydrogen-bond acceptors (Lipinski definition) is 5. The minimum Gasteiger partial charge on any atom is -0.386 e. The van der Waals surface area contributed by atoms with E-state index in [1.54, 1.807) is 25.2 Å². The molecular weight excluding hydrogens is 368 g/mol. The van der Waals surface area contributed by atoms with Crippen LogP contribution in [0.4, 0.5) is 0 Å². The Hall–Kier alpha value is -2.57. The number of pyridine rings is 1. The quantitative estimate of drug-likeness (QED) is 0.558. The number of aromatic nitrogens is 4. The maximum atomic E-state index is 10.5. The van der Waals surface area contributed by atoms with E-state index in [0.717, 1.165) is 40.5 Å². The molecule has 142 valence electrons. The molecule has 0 aliphatic heterocycles. The monoisotopic (exact) mass is 390 g/mol.